The first-order valence-electron chi connectivity index (χ1n) is 10.4. The highest BCUT2D eigenvalue weighted by Crippen LogP contribution is 2.30. The van der Waals surface area contributed by atoms with E-state index in [1.54, 1.807) is 44.6 Å². The van der Waals surface area contributed by atoms with E-state index in [4.69, 9.17) is 9.47 Å². The highest BCUT2D eigenvalue weighted by molar-refractivity contribution is 6.05. The number of aromatic nitrogens is 2. The lowest BCUT2D eigenvalue weighted by Crippen LogP contribution is -2.12. The van der Waals surface area contributed by atoms with Gasteiger partial charge in [0.2, 0.25) is 0 Å². The Morgan fingerprint density at radius 3 is 2.33 bits per heavy atom. The van der Waals surface area contributed by atoms with Crippen LogP contribution >= 0.6 is 0 Å². The van der Waals surface area contributed by atoms with Gasteiger partial charge >= 0.3 is 0 Å². The number of aryl methyl sites for hydroxylation is 1. The average molecular weight is 441 g/mol. The molecule has 4 rings (SSSR count). The van der Waals surface area contributed by atoms with Gasteiger partial charge in [-0.25, -0.2) is 9.97 Å². The fourth-order valence-corrected chi connectivity index (χ4v) is 3.39. The third-order valence-corrected chi connectivity index (χ3v) is 4.95. The summed E-state index contributed by atoms with van der Waals surface area (Å²) >= 11 is 0. The zero-order chi connectivity index (χ0) is 23.2. The quantitative estimate of drug-likeness (QED) is 0.397. The van der Waals surface area contributed by atoms with Gasteiger partial charge in [0.15, 0.2) is 11.5 Å². The molecule has 0 aliphatic heterocycles. The van der Waals surface area contributed by atoms with Gasteiger partial charge in [0.05, 0.1) is 19.9 Å². The summed E-state index contributed by atoms with van der Waals surface area (Å²) in [5, 5.41) is 6.17. The van der Waals surface area contributed by atoms with Crippen LogP contribution in [-0.2, 0) is 0 Å². The molecule has 0 fully saturated rings. The zero-order valence-corrected chi connectivity index (χ0v) is 18.6. The minimum atomic E-state index is -0.241. The van der Waals surface area contributed by atoms with Crippen LogP contribution in [0, 0.1) is 6.92 Å². The fraction of sp³-hybridized carbons (Fsp3) is 0.115. The lowest BCUT2D eigenvalue weighted by Gasteiger charge is -2.12. The number of amides is 1. The minimum Gasteiger partial charge on any atom is -0.493 e. The molecule has 1 amide bonds. The second kappa shape index (κ2) is 9.82. The van der Waals surface area contributed by atoms with Crippen molar-refractivity contribution in [2.24, 2.45) is 0 Å². The van der Waals surface area contributed by atoms with E-state index in [1.165, 1.54) is 0 Å². The van der Waals surface area contributed by atoms with E-state index in [-0.39, 0.29) is 5.91 Å². The van der Waals surface area contributed by atoms with Crippen molar-refractivity contribution in [3.05, 3.63) is 90.3 Å². The molecule has 7 heteroatoms. The van der Waals surface area contributed by atoms with Crippen LogP contribution < -0.4 is 20.1 Å². The highest BCUT2D eigenvalue weighted by Gasteiger charge is 2.11. The van der Waals surface area contributed by atoms with Gasteiger partial charge in [-0.05, 0) is 37.3 Å². The molecule has 0 saturated carbocycles. The van der Waals surface area contributed by atoms with Crippen molar-refractivity contribution < 1.29 is 14.3 Å². The summed E-state index contributed by atoms with van der Waals surface area (Å²) in [6.45, 7) is 1.85. The Bertz CT molecular complexity index is 1280. The largest absolute Gasteiger partial charge is 0.493 e. The summed E-state index contributed by atoms with van der Waals surface area (Å²) in [5.41, 5.74) is 3.69. The van der Waals surface area contributed by atoms with Crippen LogP contribution in [0.3, 0.4) is 0 Å². The maximum Gasteiger partial charge on any atom is 0.255 e. The summed E-state index contributed by atoms with van der Waals surface area (Å²) in [6, 6.07) is 24.3. The molecule has 4 aromatic rings. The zero-order valence-electron chi connectivity index (χ0n) is 18.6. The average Bonchev–Trinajstić information content (AvgIpc) is 2.84. The van der Waals surface area contributed by atoms with E-state index in [0.717, 1.165) is 16.9 Å². The summed E-state index contributed by atoms with van der Waals surface area (Å²) < 4.78 is 10.5. The van der Waals surface area contributed by atoms with Crippen molar-refractivity contribution in [3.63, 3.8) is 0 Å². The molecule has 0 bridgehead atoms. The molecule has 166 valence electrons. The Balaban J connectivity index is 1.53. The summed E-state index contributed by atoms with van der Waals surface area (Å²) in [6.07, 6.45) is 0. The van der Waals surface area contributed by atoms with Gasteiger partial charge in [-0.15, -0.1) is 0 Å². The van der Waals surface area contributed by atoms with Crippen molar-refractivity contribution >= 4 is 23.1 Å². The number of benzene rings is 3. The lowest BCUT2D eigenvalue weighted by molar-refractivity contribution is 0.102. The number of carbonyl (C=O) groups is 1. The third-order valence-electron chi connectivity index (χ3n) is 4.95. The summed E-state index contributed by atoms with van der Waals surface area (Å²) in [7, 11) is 3.12. The number of nitrogens with zero attached hydrogens (tertiary/aromatic N) is 2. The van der Waals surface area contributed by atoms with E-state index in [0.29, 0.717) is 34.4 Å². The number of carbonyl (C=O) groups excluding carboxylic acids is 1. The fourth-order valence-electron chi connectivity index (χ4n) is 3.39. The van der Waals surface area contributed by atoms with E-state index in [1.807, 2.05) is 55.5 Å². The SMILES string of the molecule is COc1ccc(NC(=O)c2cccc(Nc3cc(-c4ccccc4)nc(C)n3)c2)cc1OC. The molecule has 0 radical (unpaired) electrons. The molecular weight excluding hydrogens is 416 g/mol. The van der Waals surface area contributed by atoms with Crippen LogP contribution in [0.2, 0.25) is 0 Å². The molecular formula is C26H24N4O3. The first-order valence-corrected chi connectivity index (χ1v) is 10.4. The predicted molar refractivity (Wildman–Crippen MR) is 129 cm³/mol. The second-order valence-corrected chi connectivity index (χ2v) is 7.28. The number of hydrogen-bond donors (Lipinski definition) is 2. The number of anilines is 3. The molecule has 0 atom stereocenters. The first-order chi connectivity index (χ1) is 16.1. The number of methoxy groups -OCH3 is 2. The van der Waals surface area contributed by atoms with E-state index in [9.17, 15) is 4.79 Å². The molecule has 0 unspecified atom stereocenters. The minimum absolute atomic E-state index is 0.241. The predicted octanol–water partition coefficient (Wildman–Crippen LogP) is 5.47. The number of nitrogens with one attached hydrogen (secondary N) is 2. The van der Waals surface area contributed by atoms with Crippen LogP contribution in [0.1, 0.15) is 16.2 Å². The molecule has 0 aliphatic rings. The molecule has 0 aliphatic carbocycles. The molecule has 0 spiro atoms. The summed E-state index contributed by atoms with van der Waals surface area (Å²) in [5.74, 6) is 2.20. The van der Waals surface area contributed by atoms with Gasteiger partial charge in [-0.3, -0.25) is 4.79 Å². The Morgan fingerprint density at radius 2 is 1.58 bits per heavy atom. The monoisotopic (exact) mass is 440 g/mol. The van der Waals surface area contributed by atoms with Crippen molar-refractivity contribution in [3.8, 4) is 22.8 Å². The molecule has 3 aromatic carbocycles. The standard InChI is InChI=1S/C26H24N4O3/c1-17-27-22(18-8-5-4-6-9-18)16-25(28-17)29-20-11-7-10-19(14-20)26(31)30-21-12-13-23(32-2)24(15-21)33-3/h4-16H,1-3H3,(H,30,31)(H,27,28,29). The Kier molecular flexibility index (Phi) is 6.50. The van der Waals surface area contributed by atoms with Gasteiger partial charge in [-0.1, -0.05) is 36.4 Å². The highest BCUT2D eigenvalue weighted by atomic mass is 16.5. The number of rotatable bonds is 7. The van der Waals surface area contributed by atoms with Crippen LogP contribution in [0.5, 0.6) is 11.5 Å². The van der Waals surface area contributed by atoms with Crippen LogP contribution in [0.15, 0.2) is 78.9 Å². The molecule has 7 nitrogen and oxygen atoms in total. The number of ether oxygens (including phenoxy) is 2. The summed E-state index contributed by atoms with van der Waals surface area (Å²) in [4.78, 5) is 21.8. The molecule has 1 aromatic heterocycles. The van der Waals surface area contributed by atoms with E-state index >= 15 is 0 Å². The van der Waals surface area contributed by atoms with E-state index < -0.39 is 0 Å². The maximum absolute atomic E-state index is 12.8. The van der Waals surface area contributed by atoms with Crippen molar-refractivity contribution in [1.82, 2.24) is 9.97 Å². The van der Waals surface area contributed by atoms with Gasteiger partial charge in [0.1, 0.15) is 11.6 Å². The van der Waals surface area contributed by atoms with E-state index in [2.05, 4.69) is 20.6 Å². The van der Waals surface area contributed by atoms with Gasteiger partial charge in [0.25, 0.3) is 5.91 Å². The normalized spacial score (nSPS) is 10.4. The lowest BCUT2D eigenvalue weighted by atomic mass is 10.1. The third kappa shape index (κ3) is 5.27. The smallest absolute Gasteiger partial charge is 0.255 e. The van der Waals surface area contributed by atoms with Crippen molar-refractivity contribution in [2.75, 3.05) is 24.9 Å². The first kappa shape index (κ1) is 21.8. The van der Waals surface area contributed by atoms with Gasteiger partial charge in [0, 0.05) is 34.6 Å². The van der Waals surface area contributed by atoms with Gasteiger partial charge < -0.3 is 20.1 Å². The Labute approximate surface area is 192 Å². The second-order valence-electron chi connectivity index (χ2n) is 7.28. The molecule has 0 saturated heterocycles. The van der Waals surface area contributed by atoms with Crippen LogP contribution in [-0.4, -0.2) is 30.1 Å². The Morgan fingerprint density at radius 1 is 0.788 bits per heavy atom. The topological polar surface area (TPSA) is 85.4 Å². The Hall–Kier alpha value is -4.39. The van der Waals surface area contributed by atoms with Gasteiger partial charge in [-0.2, -0.15) is 0 Å². The molecule has 2 N–H and O–H groups in total. The molecule has 33 heavy (non-hydrogen) atoms. The van der Waals surface area contributed by atoms with Crippen LogP contribution in [0.25, 0.3) is 11.3 Å². The van der Waals surface area contributed by atoms with Crippen molar-refractivity contribution in [2.45, 2.75) is 6.92 Å². The maximum atomic E-state index is 12.8. The molecule has 1 heterocycles. The van der Waals surface area contributed by atoms with Crippen LogP contribution in [0.4, 0.5) is 17.2 Å². The number of hydrogen-bond acceptors (Lipinski definition) is 6. The van der Waals surface area contributed by atoms with Crippen molar-refractivity contribution in [1.29, 1.82) is 0 Å².